The van der Waals surface area contributed by atoms with E-state index < -0.39 is 25.0 Å². The lowest BCUT2D eigenvalue weighted by atomic mass is 10.2. The molecule has 0 aliphatic carbocycles. The lowest BCUT2D eigenvalue weighted by molar-refractivity contribution is -0.0625. The number of carboxylic acid groups (broad SMARTS) is 1. The van der Waals surface area contributed by atoms with Gasteiger partial charge in [-0.25, -0.2) is 18.6 Å². The Bertz CT molecular complexity index is 652. The van der Waals surface area contributed by atoms with Gasteiger partial charge in [0, 0.05) is 6.42 Å². The van der Waals surface area contributed by atoms with Crippen LogP contribution in [-0.2, 0) is 13.0 Å². The van der Waals surface area contributed by atoms with Gasteiger partial charge in [0.1, 0.15) is 12.4 Å². The molecule has 0 saturated carbocycles. The average molecular weight is 284 g/mol. The van der Waals surface area contributed by atoms with E-state index in [4.69, 9.17) is 10.2 Å². The summed E-state index contributed by atoms with van der Waals surface area (Å²) >= 11 is 0. The van der Waals surface area contributed by atoms with Crippen molar-refractivity contribution in [3.63, 3.8) is 0 Å². The average Bonchev–Trinajstić information content (AvgIpc) is 2.75. The lowest BCUT2D eigenvalue weighted by Crippen LogP contribution is -2.28. The van der Waals surface area contributed by atoms with E-state index in [9.17, 15) is 13.6 Å². The Morgan fingerprint density at radius 3 is 2.70 bits per heavy atom. The Labute approximate surface area is 113 Å². The second kappa shape index (κ2) is 5.16. The third-order valence-corrected chi connectivity index (χ3v) is 3.01. The number of aromatic nitrogens is 2. The van der Waals surface area contributed by atoms with Crippen LogP contribution in [0, 0.1) is 0 Å². The second-order valence-corrected chi connectivity index (χ2v) is 4.49. The van der Waals surface area contributed by atoms with Crippen LogP contribution in [0.5, 0.6) is 0 Å². The fraction of sp³-hybridized carbons (Fsp3) is 0.385. The van der Waals surface area contributed by atoms with Crippen LogP contribution in [0.4, 0.5) is 8.78 Å². The molecule has 0 spiro atoms. The number of carboxylic acids is 1. The Balaban J connectivity index is 2.55. The number of hydrogen-bond donors (Lipinski definition) is 2. The van der Waals surface area contributed by atoms with Crippen LogP contribution in [0.15, 0.2) is 18.2 Å². The predicted molar refractivity (Wildman–Crippen MR) is 68.1 cm³/mol. The monoisotopic (exact) mass is 284 g/mol. The van der Waals surface area contributed by atoms with Gasteiger partial charge in [0.2, 0.25) is 0 Å². The molecule has 0 atom stereocenters. The van der Waals surface area contributed by atoms with E-state index in [-0.39, 0.29) is 5.56 Å². The van der Waals surface area contributed by atoms with Crippen LogP contribution in [0.1, 0.15) is 23.1 Å². The minimum absolute atomic E-state index is 0.0544. The van der Waals surface area contributed by atoms with Crippen LogP contribution < -0.4 is 0 Å². The van der Waals surface area contributed by atoms with Gasteiger partial charge in [0.25, 0.3) is 5.92 Å². The number of rotatable bonds is 5. The molecule has 2 N–H and O–H groups in total. The quantitative estimate of drug-likeness (QED) is 0.879. The van der Waals surface area contributed by atoms with Gasteiger partial charge in [-0.1, -0.05) is 6.92 Å². The first-order chi connectivity index (χ1) is 9.38. The van der Waals surface area contributed by atoms with Crippen molar-refractivity contribution in [2.45, 2.75) is 25.8 Å². The first kappa shape index (κ1) is 14.4. The SMILES string of the molecule is CCc1nc2cc(C(=O)O)ccc2n1CC(F)(F)CO. The van der Waals surface area contributed by atoms with Gasteiger partial charge >= 0.3 is 5.97 Å². The van der Waals surface area contributed by atoms with Crippen LogP contribution in [0.3, 0.4) is 0 Å². The second-order valence-electron chi connectivity index (χ2n) is 4.49. The summed E-state index contributed by atoms with van der Waals surface area (Å²) in [5.74, 6) is -3.92. The molecule has 0 saturated heterocycles. The summed E-state index contributed by atoms with van der Waals surface area (Å²) in [6, 6.07) is 4.15. The van der Waals surface area contributed by atoms with E-state index in [1.54, 1.807) is 6.92 Å². The molecule has 20 heavy (non-hydrogen) atoms. The van der Waals surface area contributed by atoms with Crippen LogP contribution in [0.2, 0.25) is 0 Å². The number of aromatic carboxylic acids is 1. The van der Waals surface area contributed by atoms with E-state index in [0.29, 0.717) is 23.3 Å². The Morgan fingerprint density at radius 1 is 1.45 bits per heavy atom. The standard InChI is InChI=1S/C13H14F2N2O3/c1-2-11-16-9-5-8(12(19)20)3-4-10(9)17(11)6-13(14,15)7-18/h3-5,18H,2,6-7H2,1H3,(H,19,20). The third kappa shape index (κ3) is 2.62. The van der Waals surface area contributed by atoms with Gasteiger partial charge in [0.15, 0.2) is 0 Å². The van der Waals surface area contributed by atoms with Gasteiger partial charge in [0.05, 0.1) is 23.1 Å². The molecule has 108 valence electrons. The topological polar surface area (TPSA) is 75.3 Å². The molecule has 1 aromatic heterocycles. The van der Waals surface area contributed by atoms with Gasteiger partial charge in [-0.2, -0.15) is 0 Å². The van der Waals surface area contributed by atoms with E-state index in [1.807, 2.05) is 0 Å². The third-order valence-electron chi connectivity index (χ3n) is 3.01. The highest BCUT2D eigenvalue weighted by molar-refractivity contribution is 5.92. The van der Waals surface area contributed by atoms with E-state index >= 15 is 0 Å². The van der Waals surface area contributed by atoms with Gasteiger partial charge in [-0.05, 0) is 18.2 Å². The van der Waals surface area contributed by atoms with Crippen molar-refractivity contribution >= 4 is 17.0 Å². The minimum atomic E-state index is -3.25. The zero-order chi connectivity index (χ0) is 14.9. The highest BCUT2D eigenvalue weighted by Crippen LogP contribution is 2.23. The number of aliphatic hydroxyl groups is 1. The number of halogens is 2. The molecule has 0 aliphatic rings. The van der Waals surface area contributed by atoms with E-state index in [2.05, 4.69) is 4.98 Å². The van der Waals surface area contributed by atoms with Crippen molar-refractivity contribution in [3.8, 4) is 0 Å². The summed E-state index contributed by atoms with van der Waals surface area (Å²) in [5, 5.41) is 17.6. The molecule has 0 unspecified atom stereocenters. The zero-order valence-corrected chi connectivity index (χ0v) is 10.8. The molecule has 7 heteroatoms. The van der Waals surface area contributed by atoms with Crippen molar-refractivity contribution in [3.05, 3.63) is 29.6 Å². The Morgan fingerprint density at radius 2 is 2.15 bits per heavy atom. The summed E-state index contributed by atoms with van der Waals surface area (Å²) < 4.78 is 28.1. The maximum atomic E-state index is 13.4. The number of aryl methyl sites for hydroxylation is 1. The summed E-state index contributed by atoms with van der Waals surface area (Å²) in [6.45, 7) is -0.161. The molecule has 2 rings (SSSR count). The largest absolute Gasteiger partial charge is 0.478 e. The molecule has 0 bridgehead atoms. The van der Waals surface area contributed by atoms with Crippen molar-refractivity contribution < 1.29 is 23.8 Å². The minimum Gasteiger partial charge on any atom is -0.478 e. The molecule has 5 nitrogen and oxygen atoms in total. The highest BCUT2D eigenvalue weighted by atomic mass is 19.3. The Kier molecular flexibility index (Phi) is 3.71. The first-order valence-electron chi connectivity index (χ1n) is 6.09. The Hall–Kier alpha value is -2.02. The van der Waals surface area contributed by atoms with Gasteiger partial charge in [-0.15, -0.1) is 0 Å². The van der Waals surface area contributed by atoms with Crippen molar-refractivity contribution in [1.82, 2.24) is 9.55 Å². The molecule has 1 aromatic carbocycles. The molecule has 1 heterocycles. The summed E-state index contributed by atoms with van der Waals surface area (Å²) in [4.78, 5) is 15.1. The number of nitrogens with zero attached hydrogens (tertiary/aromatic N) is 2. The van der Waals surface area contributed by atoms with Gasteiger partial charge in [-0.3, -0.25) is 0 Å². The summed E-state index contributed by atoms with van der Waals surface area (Å²) in [6.07, 6.45) is 0.429. The molecule has 0 radical (unpaired) electrons. The normalized spacial score (nSPS) is 12.0. The van der Waals surface area contributed by atoms with Crippen LogP contribution >= 0.6 is 0 Å². The van der Waals surface area contributed by atoms with E-state index in [0.717, 1.165) is 0 Å². The van der Waals surface area contributed by atoms with Gasteiger partial charge < -0.3 is 14.8 Å². The number of carbonyl (C=O) groups is 1. The number of alkyl halides is 2. The molecular formula is C13H14F2N2O3. The number of fused-ring (bicyclic) bond motifs is 1. The molecule has 0 amide bonds. The van der Waals surface area contributed by atoms with Crippen LogP contribution in [0.25, 0.3) is 11.0 Å². The first-order valence-corrected chi connectivity index (χ1v) is 6.09. The summed E-state index contributed by atoms with van der Waals surface area (Å²) in [5.41, 5.74) is 0.842. The number of hydrogen-bond acceptors (Lipinski definition) is 3. The van der Waals surface area contributed by atoms with E-state index in [1.165, 1.54) is 22.8 Å². The zero-order valence-electron chi connectivity index (χ0n) is 10.8. The molecule has 0 aliphatic heterocycles. The highest BCUT2D eigenvalue weighted by Gasteiger charge is 2.30. The lowest BCUT2D eigenvalue weighted by Gasteiger charge is -2.16. The maximum absolute atomic E-state index is 13.4. The molecule has 2 aromatic rings. The smallest absolute Gasteiger partial charge is 0.335 e. The molecule has 0 fully saturated rings. The van der Waals surface area contributed by atoms with Crippen molar-refractivity contribution in [2.75, 3.05) is 6.61 Å². The number of aliphatic hydroxyl groups excluding tert-OH is 1. The van der Waals surface area contributed by atoms with Crippen molar-refractivity contribution in [1.29, 1.82) is 0 Å². The maximum Gasteiger partial charge on any atom is 0.335 e. The fourth-order valence-corrected chi connectivity index (χ4v) is 2.04. The summed E-state index contributed by atoms with van der Waals surface area (Å²) in [7, 11) is 0. The number of imidazole rings is 1. The predicted octanol–water partition coefficient (Wildman–Crippen LogP) is 1.92. The molecular weight excluding hydrogens is 270 g/mol. The van der Waals surface area contributed by atoms with Crippen LogP contribution in [-0.4, -0.2) is 38.3 Å². The van der Waals surface area contributed by atoms with Crippen molar-refractivity contribution in [2.24, 2.45) is 0 Å². The fourth-order valence-electron chi connectivity index (χ4n) is 2.04. The number of benzene rings is 1.